The summed E-state index contributed by atoms with van der Waals surface area (Å²) in [6.45, 7) is 0. The predicted octanol–water partition coefficient (Wildman–Crippen LogP) is 11.9. The normalized spacial score (nSPS) is 11.5. The molecule has 1 aromatic heterocycles. The van der Waals surface area contributed by atoms with Gasteiger partial charge in [-0.25, -0.2) is 0 Å². The number of hydrogen-bond acceptors (Lipinski definition) is 0. The van der Waals surface area contributed by atoms with Crippen molar-refractivity contribution in [2.24, 2.45) is 7.05 Å². The lowest BCUT2D eigenvalue weighted by atomic mass is 9.95. The summed E-state index contributed by atoms with van der Waals surface area (Å²) >= 11 is 0. The van der Waals surface area contributed by atoms with Gasteiger partial charge in [0.25, 0.3) is 0 Å². The second-order valence-corrected chi connectivity index (χ2v) is 12.0. The topological polar surface area (TPSA) is 4.93 Å². The van der Waals surface area contributed by atoms with Crippen molar-refractivity contribution in [1.82, 2.24) is 4.57 Å². The fraction of sp³-hybridized carbons (Fsp3) is 0.0222. The van der Waals surface area contributed by atoms with E-state index in [1.807, 2.05) is 0 Å². The molecular weight excluding hydrogens is 555 g/mol. The summed E-state index contributed by atoms with van der Waals surface area (Å²) in [7, 11) is 2.15. The van der Waals surface area contributed by atoms with Gasteiger partial charge in [-0.15, -0.1) is 0 Å². The van der Waals surface area contributed by atoms with Crippen molar-refractivity contribution in [3.05, 3.63) is 192 Å². The maximum atomic E-state index is 2.30. The maximum Gasteiger partial charge on any atom is 0.0488 e. The van der Waals surface area contributed by atoms with Crippen LogP contribution >= 0.6 is 0 Å². The minimum absolute atomic E-state index is 1.19. The number of para-hydroxylation sites is 1. The van der Waals surface area contributed by atoms with Crippen molar-refractivity contribution < 1.29 is 0 Å². The zero-order valence-electron chi connectivity index (χ0n) is 25.8. The largest absolute Gasteiger partial charge is 0.344 e. The molecule has 0 aliphatic heterocycles. The summed E-state index contributed by atoms with van der Waals surface area (Å²) in [6.07, 6.45) is 6.71. The van der Waals surface area contributed by atoms with Gasteiger partial charge in [-0.2, -0.15) is 0 Å². The van der Waals surface area contributed by atoms with E-state index in [2.05, 4.69) is 194 Å². The van der Waals surface area contributed by atoms with Crippen LogP contribution in [0.4, 0.5) is 0 Å². The molecule has 0 atom stereocenters. The molecule has 0 saturated carbocycles. The summed E-state index contributed by atoms with van der Waals surface area (Å²) in [4.78, 5) is 0. The zero-order valence-corrected chi connectivity index (χ0v) is 25.8. The Morgan fingerprint density at radius 2 is 0.935 bits per heavy atom. The molecule has 218 valence electrons. The molecule has 0 radical (unpaired) electrons. The number of rotatable bonds is 6. The lowest BCUT2D eigenvalue weighted by Gasteiger charge is -2.10. The van der Waals surface area contributed by atoms with E-state index in [0.29, 0.717) is 0 Å². The van der Waals surface area contributed by atoms with Gasteiger partial charge < -0.3 is 4.57 Å². The SMILES string of the molecule is Cn1c(-c2ccc3cc(/C=C/c4ccc5cc(C=C(c6ccccc6)c6ccccc6)ccc5c4)ccc3c2)cc2ccccc21. The first kappa shape index (κ1) is 27.6. The van der Waals surface area contributed by atoms with E-state index in [0.717, 1.165) is 0 Å². The Kier molecular flexibility index (Phi) is 7.13. The van der Waals surface area contributed by atoms with E-state index in [9.17, 15) is 0 Å². The van der Waals surface area contributed by atoms with Crippen LogP contribution in [0.15, 0.2) is 164 Å². The minimum atomic E-state index is 1.19. The van der Waals surface area contributed by atoms with Crippen molar-refractivity contribution in [3.63, 3.8) is 0 Å². The van der Waals surface area contributed by atoms with Crippen LogP contribution in [0.5, 0.6) is 0 Å². The molecule has 0 unspecified atom stereocenters. The number of hydrogen-bond donors (Lipinski definition) is 0. The Labute approximate surface area is 270 Å². The van der Waals surface area contributed by atoms with E-state index >= 15 is 0 Å². The highest BCUT2D eigenvalue weighted by Gasteiger charge is 2.09. The average Bonchev–Trinajstić information content (AvgIpc) is 3.46. The third kappa shape index (κ3) is 5.44. The molecule has 0 aliphatic carbocycles. The third-order valence-electron chi connectivity index (χ3n) is 8.95. The van der Waals surface area contributed by atoms with Crippen LogP contribution in [0.2, 0.25) is 0 Å². The second kappa shape index (κ2) is 11.9. The van der Waals surface area contributed by atoms with E-state index < -0.39 is 0 Å². The Morgan fingerprint density at radius 1 is 0.435 bits per heavy atom. The first-order chi connectivity index (χ1) is 22.7. The van der Waals surface area contributed by atoms with Crippen molar-refractivity contribution in [2.45, 2.75) is 0 Å². The number of nitrogens with zero attached hydrogens (tertiary/aromatic N) is 1. The molecular formula is C45H33N. The quantitative estimate of drug-likeness (QED) is 0.171. The molecule has 46 heavy (non-hydrogen) atoms. The predicted molar refractivity (Wildman–Crippen MR) is 199 cm³/mol. The van der Waals surface area contributed by atoms with Crippen LogP contribution < -0.4 is 0 Å². The minimum Gasteiger partial charge on any atom is -0.344 e. The smallest absolute Gasteiger partial charge is 0.0488 e. The summed E-state index contributed by atoms with van der Waals surface area (Å²) in [6, 6.07) is 59.0. The van der Waals surface area contributed by atoms with E-state index in [1.165, 1.54) is 77.1 Å². The number of aryl methyl sites for hydroxylation is 1. The average molecular weight is 588 g/mol. The van der Waals surface area contributed by atoms with Crippen LogP contribution in [0.25, 0.3) is 67.5 Å². The molecule has 1 heterocycles. The van der Waals surface area contributed by atoms with Crippen LogP contribution in [-0.2, 0) is 7.05 Å². The molecule has 0 N–H and O–H groups in total. The zero-order chi connectivity index (χ0) is 30.9. The van der Waals surface area contributed by atoms with Gasteiger partial charge in [0.15, 0.2) is 0 Å². The molecule has 8 aromatic rings. The molecule has 0 aliphatic rings. The van der Waals surface area contributed by atoms with Crippen molar-refractivity contribution in [3.8, 4) is 11.3 Å². The van der Waals surface area contributed by atoms with E-state index in [-0.39, 0.29) is 0 Å². The lowest BCUT2D eigenvalue weighted by Crippen LogP contribution is -1.91. The fourth-order valence-electron chi connectivity index (χ4n) is 6.50. The monoisotopic (exact) mass is 587 g/mol. The standard InChI is InChI=1S/C45H33N/c1-46-44-15-9-8-14-41(44)31-45(46)42-25-24-39-27-33(19-22-40(39)30-42)17-16-32-18-21-38-28-34(20-23-37(38)26-32)29-43(35-10-4-2-5-11-35)36-12-6-3-7-13-36/h2-31H,1H3/b17-16+. The number of fused-ring (bicyclic) bond motifs is 3. The highest BCUT2D eigenvalue weighted by atomic mass is 14.9. The van der Waals surface area contributed by atoms with Crippen LogP contribution in [0.3, 0.4) is 0 Å². The second-order valence-electron chi connectivity index (χ2n) is 12.0. The number of benzene rings is 7. The molecule has 0 bridgehead atoms. The Balaban J connectivity index is 1.05. The van der Waals surface area contributed by atoms with Crippen molar-refractivity contribution >= 4 is 56.2 Å². The maximum absolute atomic E-state index is 2.30. The molecule has 1 heteroatoms. The Morgan fingerprint density at radius 3 is 1.54 bits per heavy atom. The molecule has 1 nitrogen and oxygen atoms in total. The van der Waals surface area contributed by atoms with Crippen molar-refractivity contribution in [1.29, 1.82) is 0 Å². The van der Waals surface area contributed by atoms with Gasteiger partial charge in [0.1, 0.15) is 0 Å². The first-order valence-corrected chi connectivity index (χ1v) is 15.8. The first-order valence-electron chi connectivity index (χ1n) is 15.8. The van der Waals surface area contributed by atoms with Crippen LogP contribution in [0, 0.1) is 0 Å². The van der Waals surface area contributed by atoms with Gasteiger partial charge in [0.05, 0.1) is 0 Å². The highest BCUT2D eigenvalue weighted by Crippen LogP contribution is 2.31. The van der Waals surface area contributed by atoms with E-state index in [4.69, 9.17) is 0 Å². The van der Waals surface area contributed by atoms with E-state index in [1.54, 1.807) is 0 Å². The summed E-state index contributed by atoms with van der Waals surface area (Å²) in [5.41, 5.74) is 11.0. The summed E-state index contributed by atoms with van der Waals surface area (Å²) in [5, 5.41) is 6.23. The number of aromatic nitrogens is 1. The van der Waals surface area contributed by atoms with Gasteiger partial charge in [-0.1, -0.05) is 140 Å². The highest BCUT2D eigenvalue weighted by molar-refractivity contribution is 5.95. The molecule has 0 fully saturated rings. The molecule has 8 rings (SSSR count). The van der Waals surface area contributed by atoms with Gasteiger partial charge >= 0.3 is 0 Å². The van der Waals surface area contributed by atoms with Gasteiger partial charge in [0.2, 0.25) is 0 Å². The summed E-state index contributed by atoms with van der Waals surface area (Å²) in [5.74, 6) is 0. The van der Waals surface area contributed by atoms with Crippen molar-refractivity contribution in [2.75, 3.05) is 0 Å². The Bertz CT molecular complexity index is 2360. The van der Waals surface area contributed by atoms with Crippen LogP contribution in [-0.4, -0.2) is 4.57 Å². The summed E-state index contributed by atoms with van der Waals surface area (Å²) < 4.78 is 2.28. The molecule has 7 aromatic carbocycles. The van der Waals surface area contributed by atoms with Gasteiger partial charge in [-0.3, -0.25) is 0 Å². The molecule has 0 saturated heterocycles. The molecule has 0 amide bonds. The van der Waals surface area contributed by atoms with Crippen LogP contribution in [0.1, 0.15) is 27.8 Å². The third-order valence-corrected chi connectivity index (χ3v) is 8.95. The Hall–Kier alpha value is -5.92. The fourth-order valence-corrected chi connectivity index (χ4v) is 6.50. The van der Waals surface area contributed by atoms with Gasteiger partial charge in [-0.05, 0) is 103 Å². The lowest BCUT2D eigenvalue weighted by molar-refractivity contribution is 0.979. The van der Waals surface area contributed by atoms with Gasteiger partial charge in [0, 0.05) is 23.6 Å². The molecule has 0 spiro atoms.